The van der Waals surface area contributed by atoms with Crippen LogP contribution in [0.5, 0.6) is 0 Å². The van der Waals surface area contributed by atoms with Crippen LogP contribution >= 0.6 is 0 Å². The van der Waals surface area contributed by atoms with E-state index in [2.05, 4.69) is 0 Å². The summed E-state index contributed by atoms with van der Waals surface area (Å²) in [5.74, 6) is -2.46. The molecule has 0 radical (unpaired) electrons. The van der Waals surface area contributed by atoms with E-state index in [-0.39, 0.29) is 10.5 Å². The lowest BCUT2D eigenvalue weighted by molar-refractivity contribution is -0.136. The van der Waals surface area contributed by atoms with E-state index in [0.717, 1.165) is 6.07 Å². The maximum Gasteiger partial charge on any atom is 0.335 e. The monoisotopic (exact) mass is 272 g/mol. The van der Waals surface area contributed by atoms with Crippen LogP contribution in [0.25, 0.3) is 0 Å². The Morgan fingerprint density at radius 1 is 1.28 bits per heavy atom. The average molecular weight is 272 g/mol. The van der Waals surface area contributed by atoms with Crippen molar-refractivity contribution in [2.45, 2.75) is 23.5 Å². The van der Waals surface area contributed by atoms with E-state index in [1.165, 1.54) is 25.1 Å². The van der Waals surface area contributed by atoms with Crippen molar-refractivity contribution in [1.82, 2.24) is 0 Å². The van der Waals surface area contributed by atoms with E-state index in [1.807, 2.05) is 0 Å². The molecule has 0 heterocycles. The molecule has 0 spiro atoms. The topological polar surface area (TPSA) is 109 Å². The third-order valence-corrected chi connectivity index (χ3v) is 4.54. The Morgan fingerprint density at radius 3 is 2.39 bits per heavy atom. The maximum atomic E-state index is 12.0. The normalized spacial score (nSPS) is 12.9. The minimum atomic E-state index is -3.83. The van der Waals surface area contributed by atoms with Crippen molar-refractivity contribution in [3.8, 4) is 0 Å². The lowest BCUT2D eigenvalue weighted by Gasteiger charge is -2.11. The fourth-order valence-electron chi connectivity index (χ4n) is 1.39. The van der Waals surface area contributed by atoms with Gasteiger partial charge in [0, 0.05) is 0 Å². The minimum Gasteiger partial charge on any atom is -0.481 e. The Morgan fingerprint density at radius 2 is 1.89 bits per heavy atom. The summed E-state index contributed by atoms with van der Waals surface area (Å²) in [5, 5.41) is 16.2. The molecular weight excluding hydrogens is 260 g/mol. The fraction of sp³-hybridized carbons (Fsp3) is 0.273. The van der Waals surface area contributed by atoms with Crippen LogP contribution < -0.4 is 0 Å². The Bertz CT molecular complexity index is 575. The first-order chi connectivity index (χ1) is 8.25. The number of benzene rings is 1. The predicted molar refractivity (Wildman–Crippen MR) is 62.3 cm³/mol. The first-order valence-corrected chi connectivity index (χ1v) is 6.59. The number of aromatic carboxylic acids is 1. The molecule has 0 saturated heterocycles. The number of carbonyl (C=O) groups is 2. The number of rotatable bonds is 5. The highest BCUT2D eigenvalue weighted by atomic mass is 32.2. The van der Waals surface area contributed by atoms with Gasteiger partial charge in [-0.2, -0.15) is 0 Å². The van der Waals surface area contributed by atoms with Crippen LogP contribution in [0.4, 0.5) is 0 Å². The molecule has 0 aliphatic rings. The molecule has 18 heavy (non-hydrogen) atoms. The summed E-state index contributed by atoms with van der Waals surface area (Å²) in [6.45, 7) is 1.27. The Labute approximate surface area is 104 Å². The van der Waals surface area contributed by atoms with E-state index >= 15 is 0 Å². The van der Waals surface area contributed by atoms with Gasteiger partial charge in [0.1, 0.15) is 0 Å². The predicted octanol–water partition coefficient (Wildman–Crippen LogP) is 1.02. The molecule has 1 aromatic carbocycles. The van der Waals surface area contributed by atoms with Gasteiger partial charge in [-0.1, -0.05) is 6.07 Å². The van der Waals surface area contributed by atoms with Gasteiger partial charge in [-0.15, -0.1) is 0 Å². The maximum absolute atomic E-state index is 12.0. The smallest absolute Gasteiger partial charge is 0.335 e. The number of aliphatic carboxylic acids is 1. The van der Waals surface area contributed by atoms with Crippen LogP contribution in [0.2, 0.25) is 0 Å². The summed E-state index contributed by atoms with van der Waals surface area (Å²) in [5.41, 5.74) is -0.154. The van der Waals surface area contributed by atoms with Gasteiger partial charge in [-0.05, 0) is 25.1 Å². The van der Waals surface area contributed by atoms with Gasteiger partial charge in [-0.25, -0.2) is 13.2 Å². The molecular formula is C11H12O6S. The van der Waals surface area contributed by atoms with Crippen molar-refractivity contribution >= 4 is 21.8 Å². The van der Waals surface area contributed by atoms with E-state index in [4.69, 9.17) is 10.2 Å². The van der Waals surface area contributed by atoms with Gasteiger partial charge in [0.05, 0.1) is 22.1 Å². The summed E-state index contributed by atoms with van der Waals surface area (Å²) in [6, 6.07) is 4.85. The lowest BCUT2D eigenvalue weighted by atomic mass is 10.2. The second-order valence-electron chi connectivity index (χ2n) is 3.79. The standard InChI is InChI=1S/C11H12O6S/c1-7(5-10(12)13)18(16,17)9-4-2-3-8(6-9)11(14)15/h2-4,6-7H,5H2,1H3,(H,12,13)(H,14,15). The summed E-state index contributed by atoms with van der Waals surface area (Å²) >= 11 is 0. The Kier molecular flexibility index (Phi) is 4.07. The lowest BCUT2D eigenvalue weighted by Crippen LogP contribution is -2.21. The molecule has 0 aromatic heterocycles. The molecule has 2 N–H and O–H groups in total. The second kappa shape index (κ2) is 5.18. The number of hydrogen-bond acceptors (Lipinski definition) is 4. The van der Waals surface area contributed by atoms with Crippen LogP contribution in [0.1, 0.15) is 23.7 Å². The number of sulfone groups is 1. The number of hydrogen-bond donors (Lipinski definition) is 2. The molecule has 1 atom stereocenters. The SMILES string of the molecule is CC(CC(=O)O)S(=O)(=O)c1cccc(C(=O)O)c1. The first kappa shape index (κ1) is 14.2. The second-order valence-corrected chi connectivity index (χ2v) is 6.15. The van der Waals surface area contributed by atoms with Crippen LogP contribution in [-0.2, 0) is 14.6 Å². The first-order valence-electron chi connectivity index (χ1n) is 5.04. The molecule has 0 saturated carbocycles. The number of carboxylic acids is 2. The van der Waals surface area contributed by atoms with E-state index < -0.39 is 33.4 Å². The third kappa shape index (κ3) is 3.07. The molecule has 0 aliphatic heterocycles. The van der Waals surface area contributed by atoms with Gasteiger partial charge in [0.25, 0.3) is 0 Å². The van der Waals surface area contributed by atoms with Crippen LogP contribution in [0.3, 0.4) is 0 Å². The van der Waals surface area contributed by atoms with Crippen molar-refractivity contribution < 1.29 is 28.2 Å². The molecule has 7 heteroatoms. The zero-order valence-corrected chi connectivity index (χ0v) is 10.3. The summed E-state index contributed by atoms with van der Waals surface area (Å²) in [4.78, 5) is 21.1. The molecule has 1 aromatic rings. The molecule has 1 rings (SSSR count). The van der Waals surface area contributed by atoms with Gasteiger partial charge in [0.15, 0.2) is 9.84 Å². The Hall–Kier alpha value is -1.89. The highest BCUT2D eigenvalue weighted by Gasteiger charge is 2.26. The molecule has 0 amide bonds. The van der Waals surface area contributed by atoms with Gasteiger partial charge >= 0.3 is 11.9 Å². The zero-order valence-electron chi connectivity index (χ0n) is 9.53. The van der Waals surface area contributed by atoms with Crippen LogP contribution in [-0.4, -0.2) is 35.8 Å². The van der Waals surface area contributed by atoms with Gasteiger partial charge in [0.2, 0.25) is 0 Å². The highest BCUT2D eigenvalue weighted by molar-refractivity contribution is 7.92. The third-order valence-electron chi connectivity index (χ3n) is 2.40. The van der Waals surface area contributed by atoms with Crippen molar-refractivity contribution in [2.75, 3.05) is 0 Å². The Balaban J connectivity index is 3.16. The summed E-state index contributed by atoms with van der Waals surface area (Å²) in [7, 11) is -3.83. The van der Waals surface area contributed by atoms with Crippen molar-refractivity contribution in [3.05, 3.63) is 29.8 Å². The van der Waals surface area contributed by atoms with Gasteiger partial charge < -0.3 is 10.2 Å². The molecule has 0 bridgehead atoms. The molecule has 0 aliphatic carbocycles. The van der Waals surface area contributed by atoms with Crippen LogP contribution in [0.15, 0.2) is 29.2 Å². The minimum absolute atomic E-state index is 0.154. The van der Waals surface area contributed by atoms with Crippen molar-refractivity contribution in [2.24, 2.45) is 0 Å². The summed E-state index contributed by atoms with van der Waals surface area (Å²) < 4.78 is 24.0. The van der Waals surface area contributed by atoms with E-state index in [0.29, 0.717) is 0 Å². The quantitative estimate of drug-likeness (QED) is 0.828. The fourth-order valence-corrected chi connectivity index (χ4v) is 2.78. The molecule has 1 unspecified atom stereocenters. The highest BCUT2D eigenvalue weighted by Crippen LogP contribution is 2.19. The van der Waals surface area contributed by atoms with Crippen molar-refractivity contribution in [1.29, 1.82) is 0 Å². The van der Waals surface area contributed by atoms with E-state index in [1.54, 1.807) is 0 Å². The average Bonchev–Trinajstić information content (AvgIpc) is 2.28. The summed E-state index contributed by atoms with van der Waals surface area (Å²) in [6.07, 6.45) is -0.528. The molecule has 0 fully saturated rings. The van der Waals surface area contributed by atoms with Crippen LogP contribution in [0, 0.1) is 0 Å². The van der Waals surface area contributed by atoms with Gasteiger partial charge in [-0.3, -0.25) is 4.79 Å². The zero-order chi connectivity index (χ0) is 13.9. The largest absolute Gasteiger partial charge is 0.481 e. The molecule has 6 nitrogen and oxygen atoms in total. The van der Waals surface area contributed by atoms with E-state index in [9.17, 15) is 18.0 Å². The molecule has 98 valence electrons. The van der Waals surface area contributed by atoms with Crippen molar-refractivity contribution in [3.63, 3.8) is 0 Å². The number of carboxylic acid groups (broad SMARTS) is 2.